The summed E-state index contributed by atoms with van der Waals surface area (Å²) in [6, 6.07) is 3.94. The molecule has 0 saturated heterocycles. The van der Waals surface area contributed by atoms with Crippen LogP contribution in [-0.4, -0.2) is 5.84 Å². The van der Waals surface area contributed by atoms with Gasteiger partial charge >= 0.3 is 0 Å². The van der Waals surface area contributed by atoms with Gasteiger partial charge in [0.25, 0.3) is 0 Å². The summed E-state index contributed by atoms with van der Waals surface area (Å²) in [5, 5.41) is 8.94. The highest BCUT2D eigenvalue weighted by Gasteiger charge is 1.93. The maximum atomic E-state index is 6.96. The highest BCUT2D eigenvalue weighted by atomic mass is 32.1. The third-order valence-corrected chi connectivity index (χ3v) is 1.82. The van der Waals surface area contributed by atoms with E-state index in [2.05, 4.69) is 0 Å². The number of nitrogens with one attached hydrogen (secondary N) is 1. The molecule has 2 nitrogen and oxygen atoms in total. The second-order valence-electron chi connectivity index (χ2n) is 1.78. The molecule has 0 amide bonds. The fraction of sp³-hybridized carbons (Fsp3) is 0.167. The second kappa shape index (κ2) is 2.64. The first-order valence-corrected chi connectivity index (χ1v) is 3.52. The summed E-state index contributed by atoms with van der Waals surface area (Å²) < 4.78 is 0. The van der Waals surface area contributed by atoms with E-state index in [0.717, 1.165) is 4.88 Å². The zero-order valence-corrected chi connectivity index (χ0v) is 5.74. The van der Waals surface area contributed by atoms with Crippen LogP contribution >= 0.6 is 11.3 Å². The van der Waals surface area contributed by atoms with E-state index in [9.17, 15) is 0 Å². The Morgan fingerprint density at radius 3 is 3.00 bits per heavy atom. The summed E-state index contributed by atoms with van der Waals surface area (Å²) in [7, 11) is 0. The largest absolute Gasteiger partial charge is 0.387 e. The predicted octanol–water partition coefficient (Wildman–Crippen LogP) is 1.23. The van der Waals surface area contributed by atoms with Gasteiger partial charge in [-0.25, -0.2) is 0 Å². The van der Waals surface area contributed by atoms with Crippen molar-refractivity contribution in [3.8, 4) is 0 Å². The highest BCUT2D eigenvalue weighted by molar-refractivity contribution is 7.10. The van der Waals surface area contributed by atoms with Gasteiger partial charge in [0.05, 0.1) is 5.84 Å². The standard InChI is InChI=1S/C6H8N2S/c7-6(8)4-5-2-1-3-9-5/h1-3H,4H2,(H3,7,8). The van der Waals surface area contributed by atoms with Crippen LogP contribution in [0.25, 0.3) is 0 Å². The molecule has 3 N–H and O–H groups in total. The van der Waals surface area contributed by atoms with Crippen LogP contribution in [0.3, 0.4) is 0 Å². The minimum atomic E-state index is 0.234. The molecule has 0 bridgehead atoms. The van der Waals surface area contributed by atoms with Crippen molar-refractivity contribution in [2.45, 2.75) is 6.42 Å². The average Bonchev–Trinajstić information content (AvgIpc) is 2.15. The van der Waals surface area contributed by atoms with Crippen molar-refractivity contribution in [2.75, 3.05) is 0 Å². The molecule has 1 heterocycles. The first-order chi connectivity index (χ1) is 4.29. The lowest BCUT2D eigenvalue weighted by Gasteiger charge is -1.90. The molecule has 1 aromatic heterocycles. The van der Waals surface area contributed by atoms with Crippen molar-refractivity contribution in [3.63, 3.8) is 0 Å². The molecule has 3 heteroatoms. The zero-order valence-electron chi connectivity index (χ0n) is 4.92. The second-order valence-corrected chi connectivity index (χ2v) is 2.81. The molecule has 0 atom stereocenters. The van der Waals surface area contributed by atoms with E-state index in [0.29, 0.717) is 6.42 Å². The Morgan fingerprint density at radius 2 is 2.56 bits per heavy atom. The van der Waals surface area contributed by atoms with Gasteiger partial charge in [-0.3, -0.25) is 5.41 Å². The van der Waals surface area contributed by atoms with Crippen molar-refractivity contribution in [2.24, 2.45) is 5.73 Å². The Hall–Kier alpha value is -0.830. The summed E-state index contributed by atoms with van der Waals surface area (Å²) in [5.41, 5.74) is 5.17. The predicted molar refractivity (Wildman–Crippen MR) is 39.9 cm³/mol. The van der Waals surface area contributed by atoms with E-state index in [1.54, 1.807) is 11.3 Å². The van der Waals surface area contributed by atoms with E-state index >= 15 is 0 Å². The molecule has 0 aliphatic rings. The molecule has 0 aromatic carbocycles. The van der Waals surface area contributed by atoms with E-state index in [1.807, 2.05) is 17.5 Å². The van der Waals surface area contributed by atoms with E-state index < -0.39 is 0 Å². The third-order valence-electron chi connectivity index (χ3n) is 0.945. The van der Waals surface area contributed by atoms with Crippen molar-refractivity contribution < 1.29 is 0 Å². The molecule has 0 fully saturated rings. The minimum absolute atomic E-state index is 0.234. The van der Waals surface area contributed by atoms with E-state index in [4.69, 9.17) is 11.1 Å². The number of amidine groups is 1. The monoisotopic (exact) mass is 140 g/mol. The van der Waals surface area contributed by atoms with Gasteiger partial charge in [0, 0.05) is 11.3 Å². The highest BCUT2D eigenvalue weighted by Crippen LogP contribution is 2.07. The Balaban J connectivity index is 2.58. The van der Waals surface area contributed by atoms with Crippen LogP contribution in [0.15, 0.2) is 17.5 Å². The lowest BCUT2D eigenvalue weighted by Crippen LogP contribution is -2.11. The molecular formula is C6H8N2S. The maximum absolute atomic E-state index is 6.96. The van der Waals surface area contributed by atoms with Crippen molar-refractivity contribution in [1.29, 1.82) is 5.41 Å². The lowest BCUT2D eigenvalue weighted by molar-refractivity contribution is 1.29. The topological polar surface area (TPSA) is 49.9 Å². The van der Waals surface area contributed by atoms with Crippen LogP contribution in [0, 0.1) is 5.41 Å². The molecule has 0 saturated carbocycles. The Bertz CT molecular complexity index is 191. The van der Waals surface area contributed by atoms with Gasteiger partial charge in [0.2, 0.25) is 0 Å². The summed E-state index contributed by atoms with van der Waals surface area (Å²) in [6.07, 6.45) is 0.595. The average molecular weight is 140 g/mol. The van der Waals surface area contributed by atoms with Crippen molar-refractivity contribution >= 4 is 17.2 Å². The molecular weight excluding hydrogens is 132 g/mol. The van der Waals surface area contributed by atoms with Crippen LogP contribution in [0.5, 0.6) is 0 Å². The number of thiophene rings is 1. The van der Waals surface area contributed by atoms with Crippen LogP contribution in [-0.2, 0) is 6.42 Å². The third kappa shape index (κ3) is 1.85. The minimum Gasteiger partial charge on any atom is -0.387 e. The van der Waals surface area contributed by atoms with Gasteiger partial charge in [-0.1, -0.05) is 6.07 Å². The fourth-order valence-electron chi connectivity index (χ4n) is 0.601. The van der Waals surface area contributed by atoms with Gasteiger partial charge in [0.15, 0.2) is 0 Å². The lowest BCUT2D eigenvalue weighted by atomic mass is 10.3. The normalized spacial score (nSPS) is 9.33. The van der Waals surface area contributed by atoms with E-state index in [-0.39, 0.29) is 5.84 Å². The quantitative estimate of drug-likeness (QED) is 0.471. The number of rotatable bonds is 2. The number of hydrogen-bond acceptors (Lipinski definition) is 2. The van der Waals surface area contributed by atoms with E-state index in [1.165, 1.54) is 0 Å². The number of hydrogen-bond donors (Lipinski definition) is 2. The van der Waals surface area contributed by atoms with Gasteiger partial charge in [0.1, 0.15) is 0 Å². The molecule has 1 aromatic rings. The van der Waals surface area contributed by atoms with Crippen molar-refractivity contribution in [3.05, 3.63) is 22.4 Å². The number of nitrogens with two attached hydrogens (primary N) is 1. The molecule has 0 spiro atoms. The van der Waals surface area contributed by atoms with Crippen LogP contribution in [0.1, 0.15) is 4.88 Å². The molecule has 9 heavy (non-hydrogen) atoms. The first kappa shape index (κ1) is 6.29. The summed E-state index contributed by atoms with van der Waals surface area (Å²) in [6.45, 7) is 0. The molecule has 48 valence electrons. The summed E-state index contributed by atoms with van der Waals surface area (Å²) in [5.74, 6) is 0.234. The Labute approximate surface area is 57.8 Å². The van der Waals surface area contributed by atoms with Gasteiger partial charge in [-0.15, -0.1) is 11.3 Å². The molecule has 0 radical (unpaired) electrons. The van der Waals surface area contributed by atoms with Gasteiger partial charge in [-0.2, -0.15) is 0 Å². The maximum Gasteiger partial charge on any atom is 0.0958 e. The SMILES string of the molecule is N=C(N)Cc1cccs1. The molecule has 0 unspecified atom stereocenters. The summed E-state index contributed by atoms with van der Waals surface area (Å²) in [4.78, 5) is 1.16. The van der Waals surface area contributed by atoms with Gasteiger partial charge in [-0.05, 0) is 11.4 Å². The molecule has 0 aliphatic heterocycles. The van der Waals surface area contributed by atoms with Crippen LogP contribution in [0.4, 0.5) is 0 Å². The van der Waals surface area contributed by atoms with Crippen LogP contribution < -0.4 is 5.73 Å². The smallest absolute Gasteiger partial charge is 0.0958 e. The fourth-order valence-corrected chi connectivity index (χ4v) is 1.33. The Kier molecular flexibility index (Phi) is 1.85. The first-order valence-electron chi connectivity index (χ1n) is 2.64. The Morgan fingerprint density at radius 1 is 1.78 bits per heavy atom. The summed E-state index contributed by atoms with van der Waals surface area (Å²) >= 11 is 1.63. The zero-order chi connectivity index (χ0) is 6.69. The van der Waals surface area contributed by atoms with Crippen molar-refractivity contribution in [1.82, 2.24) is 0 Å². The molecule has 1 rings (SSSR count). The van der Waals surface area contributed by atoms with Gasteiger partial charge < -0.3 is 5.73 Å². The van der Waals surface area contributed by atoms with Crippen LogP contribution in [0.2, 0.25) is 0 Å². The molecule has 0 aliphatic carbocycles.